The summed E-state index contributed by atoms with van der Waals surface area (Å²) in [6, 6.07) is 3.86. The molecule has 0 aliphatic heterocycles. The molecule has 19 heavy (non-hydrogen) atoms. The lowest BCUT2D eigenvalue weighted by Gasteiger charge is -2.27. The van der Waals surface area contributed by atoms with E-state index in [2.05, 4.69) is 36.7 Å². The molecular formula is C14H23BrO3Si. The second-order valence-electron chi connectivity index (χ2n) is 5.86. The lowest BCUT2D eigenvalue weighted by atomic mass is 9.83. The van der Waals surface area contributed by atoms with Crippen molar-refractivity contribution in [1.29, 1.82) is 0 Å². The number of hydrogen-bond acceptors (Lipinski definition) is 3. The van der Waals surface area contributed by atoms with Crippen molar-refractivity contribution in [3.63, 3.8) is 0 Å². The Bertz CT molecular complexity index is 441. The van der Waals surface area contributed by atoms with Gasteiger partial charge in [0.05, 0.1) is 11.6 Å². The van der Waals surface area contributed by atoms with E-state index in [1.54, 1.807) is 7.11 Å². The highest BCUT2D eigenvalue weighted by molar-refractivity contribution is 9.10. The van der Waals surface area contributed by atoms with Crippen LogP contribution in [0.2, 0.25) is 13.1 Å². The standard InChI is InChI=1S/C14H23BrO3Si/c1-14(2,3)10-8-11(15)12(17-4)7-9(10)13(16)18-19(5)6/h7-8,13,16,19H,1-6H3. The number of benzene rings is 1. The number of rotatable bonds is 4. The lowest BCUT2D eigenvalue weighted by Crippen LogP contribution is -2.20. The molecule has 1 aromatic rings. The van der Waals surface area contributed by atoms with Gasteiger partial charge in [-0.2, -0.15) is 0 Å². The third-order valence-corrected chi connectivity index (χ3v) is 4.22. The van der Waals surface area contributed by atoms with Crippen LogP contribution >= 0.6 is 15.9 Å². The largest absolute Gasteiger partial charge is 0.496 e. The van der Waals surface area contributed by atoms with Crippen LogP contribution in [0.5, 0.6) is 5.75 Å². The van der Waals surface area contributed by atoms with Gasteiger partial charge in [-0.25, -0.2) is 0 Å². The third-order valence-electron chi connectivity index (χ3n) is 2.80. The van der Waals surface area contributed by atoms with Crippen LogP contribution in [0, 0.1) is 0 Å². The van der Waals surface area contributed by atoms with Crippen molar-refractivity contribution >= 4 is 25.0 Å². The summed E-state index contributed by atoms with van der Waals surface area (Å²) in [6.07, 6.45) is -0.886. The summed E-state index contributed by atoms with van der Waals surface area (Å²) in [4.78, 5) is 0. The van der Waals surface area contributed by atoms with Gasteiger partial charge in [0.15, 0.2) is 15.3 Å². The van der Waals surface area contributed by atoms with Crippen LogP contribution in [0.15, 0.2) is 16.6 Å². The minimum atomic E-state index is -1.31. The summed E-state index contributed by atoms with van der Waals surface area (Å²) in [5.74, 6) is 0.705. The van der Waals surface area contributed by atoms with Gasteiger partial charge < -0.3 is 14.3 Å². The summed E-state index contributed by atoms with van der Waals surface area (Å²) < 4.78 is 11.8. The zero-order chi connectivity index (χ0) is 14.8. The summed E-state index contributed by atoms with van der Waals surface area (Å²) in [6.45, 7) is 10.4. The fourth-order valence-electron chi connectivity index (χ4n) is 1.91. The highest BCUT2D eigenvalue weighted by Gasteiger charge is 2.25. The van der Waals surface area contributed by atoms with E-state index in [9.17, 15) is 5.11 Å². The first-order chi connectivity index (χ1) is 8.66. The van der Waals surface area contributed by atoms with Gasteiger partial charge in [0.25, 0.3) is 0 Å². The van der Waals surface area contributed by atoms with E-state index in [4.69, 9.17) is 9.16 Å². The van der Waals surface area contributed by atoms with E-state index in [1.165, 1.54) is 0 Å². The first-order valence-corrected chi connectivity index (χ1v) is 9.95. The minimum absolute atomic E-state index is 0.0764. The average molecular weight is 347 g/mol. The fourth-order valence-corrected chi connectivity index (χ4v) is 3.08. The lowest BCUT2D eigenvalue weighted by molar-refractivity contribution is -0.0225. The SMILES string of the molecule is COc1cc(C(O)O[SiH](C)C)c(C(C)(C)C)cc1Br. The average Bonchev–Trinajstić information content (AvgIpc) is 2.26. The van der Waals surface area contributed by atoms with Gasteiger partial charge in [-0.3, -0.25) is 0 Å². The topological polar surface area (TPSA) is 38.7 Å². The molecule has 5 heteroatoms. The molecule has 0 aliphatic carbocycles. The maximum atomic E-state index is 10.3. The zero-order valence-corrected chi connectivity index (χ0v) is 15.2. The molecule has 0 aromatic heterocycles. The summed E-state index contributed by atoms with van der Waals surface area (Å²) in [7, 11) is 0.304. The van der Waals surface area contributed by atoms with Crippen LogP contribution in [-0.4, -0.2) is 21.3 Å². The molecule has 0 bridgehead atoms. The Morgan fingerprint density at radius 3 is 2.26 bits per heavy atom. The number of aliphatic hydroxyl groups is 1. The van der Waals surface area contributed by atoms with Gasteiger partial charge in [-0.1, -0.05) is 20.8 Å². The number of hydrogen-bond donors (Lipinski definition) is 1. The molecular weight excluding hydrogens is 324 g/mol. The maximum absolute atomic E-state index is 10.3. The molecule has 1 rings (SSSR count). The summed E-state index contributed by atoms with van der Waals surface area (Å²) >= 11 is 3.50. The molecule has 1 unspecified atom stereocenters. The molecule has 0 heterocycles. The quantitative estimate of drug-likeness (QED) is 0.666. The molecule has 0 aliphatic rings. The van der Waals surface area contributed by atoms with Crippen LogP contribution < -0.4 is 4.74 Å². The van der Waals surface area contributed by atoms with Crippen LogP contribution in [0.4, 0.5) is 0 Å². The van der Waals surface area contributed by atoms with E-state index in [1.807, 2.05) is 25.2 Å². The van der Waals surface area contributed by atoms with Crippen molar-refractivity contribution in [2.24, 2.45) is 0 Å². The summed E-state index contributed by atoms with van der Waals surface area (Å²) in [5.41, 5.74) is 1.77. The number of methoxy groups -OCH3 is 1. The Kier molecular flexibility index (Phi) is 5.61. The molecule has 1 atom stereocenters. The van der Waals surface area contributed by atoms with Crippen molar-refractivity contribution in [3.8, 4) is 5.75 Å². The molecule has 3 nitrogen and oxygen atoms in total. The highest BCUT2D eigenvalue weighted by atomic mass is 79.9. The van der Waals surface area contributed by atoms with Gasteiger partial charge in [-0.05, 0) is 52.1 Å². The van der Waals surface area contributed by atoms with Gasteiger partial charge in [0, 0.05) is 5.56 Å². The Balaban J connectivity index is 3.33. The van der Waals surface area contributed by atoms with Crippen molar-refractivity contribution in [2.75, 3.05) is 7.11 Å². The predicted molar refractivity (Wildman–Crippen MR) is 84.3 cm³/mol. The predicted octanol–water partition coefficient (Wildman–Crippen LogP) is 3.75. The molecule has 0 radical (unpaired) electrons. The molecule has 0 saturated carbocycles. The van der Waals surface area contributed by atoms with Gasteiger partial charge in [0.1, 0.15) is 5.75 Å². The first-order valence-electron chi connectivity index (χ1n) is 6.38. The monoisotopic (exact) mass is 346 g/mol. The molecule has 1 aromatic carbocycles. The molecule has 0 amide bonds. The van der Waals surface area contributed by atoms with Crippen molar-refractivity contribution < 1.29 is 14.3 Å². The Hall–Kier alpha value is -0.363. The smallest absolute Gasteiger partial charge is 0.174 e. The second kappa shape index (κ2) is 6.39. The van der Waals surface area contributed by atoms with Gasteiger partial charge >= 0.3 is 0 Å². The molecule has 0 spiro atoms. The van der Waals surface area contributed by atoms with E-state index in [0.717, 1.165) is 15.6 Å². The zero-order valence-electron chi connectivity index (χ0n) is 12.5. The van der Waals surface area contributed by atoms with Crippen LogP contribution in [-0.2, 0) is 9.84 Å². The minimum Gasteiger partial charge on any atom is -0.496 e. The molecule has 108 valence electrons. The maximum Gasteiger partial charge on any atom is 0.174 e. The van der Waals surface area contributed by atoms with Gasteiger partial charge in [-0.15, -0.1) is 0 Å². The van der Waals surface area contributed by atoms with E-state index in [0.29, 0.717) is 5.75 Å². The van der Waals surface area contributed by atoms with Crippen molar-refractivity contribution in [1.82, 2.24) is 0 Å². The number of ether oxygens (including phenoxy) is 1. The van der Waals surface area contributed by atoms with Crippen LogP contribution in [0.1, 0.15) is 38.2 Å². The Labute approximate surface area is 125 Å². The first kappa shape index (κ1) is 16.7. The van der Waals surface area contributed by atoms with E-state index < -0.39 is 15.3 Å². The second-order valence-corrected chi connectivity index (χ2v) is 9.09. The highest BCUT2D eigenvalue weighted by Crippen LogP contribution is 2.37. The number of halogens is 1. The molecule has 0 saturated heterocycles. The normalized spacial score (nSPS) is 13.7. The fraction of sp³-hybridized carbons (Fsp3) is 0.571. The van der Waals surface area contributed by atoms with Crippen LogP contribution in [0.25, 0.3) is 0 Å². The molecule has 1 N–H and O–H groups in total. The van der Waals surface area contributed by atoms with Crippen molar-refractivity contribution in [2.45, 2.75) is 45.6 Å². The third kappa shape index (κ3) is 4.31. The number of aliphatic hydroxyl groups excluding tert-OH is 1. The van der Waals surface area contributed by atoms with Crippen LogP contribution in [0.3, 0.4) is 0 Å². The van der Waals surface area contributed by atoms with Crippen molar-refractivity contribution in [3.05, 3.63) is 27.7 Å². The van der Waals surface area contributed by atoms with E-state index in [-0.39, 0.29) is 5.41 Å². The molecule has 0 fully saturated rings. The van der Waals surface area contributed by atoms with Gasteiger partial charge in [0.2, 0.25) is 0 Å². The summed E-state index contributed by atoms with van der Waals surface area (Å²) in [5, 5.41) is 10.3. The van der Waals surface area contributed by atoms with E-state index >= 15 is 0 Å². The Morgan fingerprint density at radius 1 is 1.26 bits per heavy atom. The Morgan fingerprint density at radius 2 is 1.84 bits per heavy atom.